The van der Waals surface area contributed by atoms with Crippen molar-refractivity contribution in [1.29, 1.82) is 0 Å². The van der Waals surface area contributed by atoms with Gasteiger partial charge in [-0.05, 0) is 25.8 Å². The summed E-state index contributed by atoms with van der Waals surface area (Å²) in [5, 5.41) is 0. The Kier molecular flexibility index (Phi) is 4.29. The zero-order valence-electron chi connectivity index (χ0n) is 11.1. The summed E-state index contributed by atoms with van der Waals surface area (Å²) < 4.78 is 0. The predicted molar refractivity (Wildman–Crippen MR) is 70.5 cm³/mol. The van der Waals surface area contributed by atoms with Crippen molar-refractivity contribution in [2.24, 2.45) is 5.73 Å². The minimum absolute atomic E-state index is 0.0388. The van der Waals surface area contributed by atoms with Gasteiger partial charge in [-0.25, -0.2) is 0 Å². The van der Waals surface area contributed by atoms with Crippen LogP contribution in [0.5, 0.6) is 0 Å². The molecule has 0 spiro atoms. The molecule has 0 aliphatic carbocycles. The van der Waals surface area contributed by atoms with Gasteiger partial charge in [0.15, 0.2) is 0 Å². The fourth-order valence-corrected chi connectivity index (χ4v) is 1.55. The normalized spacial score (nSPS) is 13.2. The highest BCUT2D eigenvalue weighted by Crippen LogP contribution is 2.21. The molecule has 17 heavy (non-hydrogen) atoms. The summed E-state index contributed by atoms with van der Waals surface area (Å²) in [5.41, 5.74) is 6.69. The van der Waals surface area contributed by atoms with E-state index in [4.69, 9.17) is 5.73 Å². The Labute approximate surface area is 104 Å². The topological polar surface area (TPSA) is 46.3 Å². The quantitative estimate of drug-likeness (QED) is 0.869. The third-order valence-corrected chi connectivity index (χ3v) is 3.53. The maximum absolute atomic E-state index is 12.2. The van der Waals surface area contributed by atoms with Gasteiger partial charge in [-0.2, -0.15) is 0 Å². The number of likely N-dealkylation sites (N-methyl/N-ethyl adjacent to an activating group) is 1. The van der Waals surface area contributed by atoms with Crippen LogP contribution in [0, 0.1) is 0 Å². The zero-order chi connectivity index (χ0) is 13.1. The molecule has 1 rings (SSSR count). The highest BCUT2D eigenvalue weighted by atomic mass is 16.2. The Morgan fingerprint density at radius 3 is 2.35 bits per heavy atom. The Bertz CT molecular complexity index is 373. The monoisotopic (exact) mass is 234 g/mol. The van der Waals surface area contributed by atoms with Crippen LogP contribution >= 0.6 is 0 Å². The Morgan fingerprint density at radius 2 is 1.88 bits per heavy atom. The average Bonchev–Trinajstić information content (AvgIpc) is 2.37. The lowest BCUT2D eigenvalue weighted by molar-refractivity contribution is -0.136. The first-order valence-electron chi connectivity index (χ1n) is 5.98. The summed E-state index contributed by atoms with van der Waals surface area (Å²) in [4.78, 5) is 14.0. The minimum Gasteiger partial charge on any atom is -0.339 e. The van der Waals surface area contributed by atoms with E-state index in [1.54, 1.807) is 4.90 Å². The van der Waals surface area contributed by atoms with E-state index in [-0.39, 0.29) is 11.4 Å². The van der Waals surface area contributed by atoms with E-state index in [1.807, 2.05) is 51.2 Å². The van der Waals surface area contributed by atoms with Crippen LogP contribution in [0.1, 0.15) is 38.8 Å². The molecule has 0 fully saturated rings. The highest BCUT2D eigenvalue weighted by Gasteiger charge is 2.29. The van der Waals surface area contributed by atoms with Gasteiger partial charge in [0.05, 0.1) is 0 Å². The molecule has 1 amide bonds. The fraction of sp³-hybridized carbons (Fsp3) is 0.500. The van der Waals surface area contributed by atoms with E-state index in [0.29, 0.717) is 0 Å². The molecule has 0 unspecified atom stereocenters. The van der Waals surface area contributed by atoms with Crippen LogP contribution in [-0.4, -0.2) is 23.4 Å². The van der Waals surface area contributed by atoms with Gasteiger partial charge >= 0.3 is 0 Å². The minimum atomic E-state index is -0.577. The SMILES string of the molecule is CCC(C)(C)N(C)C(=O)[C@@H](N)c1ccccc1. The molecule has 0 saturated carbocycles. The molecule has 0 saturated heterocycles. The van der Waals surface area contributed by atoms with E-state index in [1.165, 1.54) is 0 Å². The van der Waals surface area contributed by atoms with Crippen molar-refractivity contribution < 1.29 is 4.79 Å². The molecule has 0 bridgehead atoms. The number of rotatable bonds is 4. The first-order chi connectivity index (χ1) is 7.90. The molecule has 0 aromatic heterocycles. The Hall–Kier alpha value is -1.35. The van der Waals surface area contributed by atoms with Crippen LogP contribution in [0.25, 0.3) is 0 Å². The van der Waals surface area contributed by atoms with Crippen molar-refractivity contribution in [1.82, 2.24) is 4.90 Å². The van der Waals surface area contributed by atoms with Crippen molar-refractivity contribution in [3.05, 3.63) is 35.9 Å². The molecule has 0 aliphatic heterocycles. The Balaban J connectivity index is 2.84. The summed E-state index contributed by atoms with van der Waals surface area (Å²) in [5.74, 6) is -0.0388. The van der Waals surface area contributed by atoms with Crippen LogP contribution in [0.3, 0.4) is 0 Å². The lowest BCUT2D eigenvalue weighted by Crippen LogP contribution is -2.48. The molecular weight excluding hydrogens is 212 g/mol. The predicted octanol–water partition coefficient (Wildman–Crippen LogP) is 2.33. The standard InChI is InChI=1S/C14H22N2O/c1-5-14(2,3)16(4)13(17)12(15)11-9-7-6-8-10-11/h6-10,12H,5,15H2,1-4H3/t12-/m0/s1. The lowest BCUT2D eigenvalue weighted by atomic mass is 9.97. The highest BCUT2D eigenvalue weighted by molar-refractivity contribution is 5.83. The van der Waals surface area contributed by atoms with Crippen LogP contribution in [-0.2, 0) is 4.79 Å². The fourth-order valence-electron chi connectivity index (χ4n) is 1.55. The number of benzene rings is 1. The van der Waals surface area contributed by atoms with Crippen molar-refractivity contribution in [2.45, 2.75) is 38.8 Å². The molecule has 3 heteroatoms. The number of carbonyl (C=O) groups is 1. The van der Waals surface area contributed by atoms with Crippen LogP contribution in [0.15, 0.2) is 30.3 Å². The smallest absolute Gasteiger partial charge is 0.244 e. The van der Waals surface area contributed by atoms with Crippen molar-refractivity contribution in [3.63, 3.8) is 0 Å². The van der Waals surface area contributed by atoms with Gasteiger partial charge in [0.1, 0.15) is 6.04 Å². The van der Waals surface area contributed by atoms with Crippen LogP contribution in [0.2, 0.25) is 0 Å². The lowest BCUT2D eigenvalue weighted by Gasteiger charge is -2.36. The number of hydrogen-bond acceptors (Lipinski definition) is 2. The third kappa shape index (κ3) is 3.07. The summed E-state index contributed by atoms with van der Waals surface area (Å²) in [7, 11) is 1.81. The summed E-state index contributed by atoms with van der Waals surface area (Å²) in [6, 6.07) is 8.90. The van der Waals surface area contributed by atoms with Crippen molar-refractivity contribution in [2.75, 3.05) is 7.05 Å². The average molecular weight is 234 g/mol. The van der Waals surface area contributed by atoms with Gasteiger partial charge in [0.25, 0.3) is 0 Å². The van der Waals surface area contributed by atoms with E-state index in [0.717, 1.165) is 12.0 Å². The van der Waals surface area contributed by atoms with Gasteiger partial charge in [0.2, 0.25) is 5.91 Å². The Morgan fingerprint density at radius 1 is 1.35 bits per heavy atom. The molecule has 3 nitrogen and oxygen atoms in total. The maximum atomic E-state index is 12.2. The van der Waals surface area contributed by atoms with Gasteiger partial charge in [0, 0.05) is 12.6 Å². The molecule has 2 N–H and O–H groups in total. The second kappa shape index (κ2) is 5.32. The van der Waals surface area contributed by atoms with Gasteiger partial charge < -0.3 is 10.6 Å². The summed E-state index contributed by atoms with van der Waals surface area (Å²) in [6.45, 7) is 6.16. The molecule has 1 aromatic rings. The molecule has 0 heterocycles. The van der Waals surface area contributed by atoms with Crippen molar-refractivity contribution >= 4 is 5.91 Å². The van der Waals surface area contributed by atoms with Gasteiger partial charge in [-0.15, -0.1) is 0 Å². The number of carbonyl (C=O) groups excluding carboxylic acids is 1. The maximum Gasteiger partial charge on any atom is 0.244 e. The van der Waals surface area contributed by atoms with Gasteiger partial charge in [-0.3, -0.25) is 4.79 Å². The van der Waals surface area contributed by atoms with E-state index >= 15 is 0 Å². The number of hydrogen-bond donors (Lipinski definition) is 1. The molecular formula is C14H22N2O. The zero-order valence-corrected chi connectivity index (χ0v) is 11.1. The molecule has 0 radical (unpaired) electrons. The van der Waals surface area contributed by atoms with E-state index < -0.39 is 6.04 Å². The third-order valence-electron chi connectivity index (χ3n) is 3.53. The number of nitrogens with two attached hydrogens (primary N) is 1. The van der Waals surface area contributed by atoms with Crippen molar-refractivity contribution in [3.8, 4) is 0 Å². The molecule has 0 aliphatic rings. The van der Waals surface area contributed by atoms with E-state index in [2.05, 4.69) is 6.92 Å². The largest absolute Gasteiger partial charge is 0.339 e. The second-order valence-corrected chi connectivity index (χ2v) is 4.95. The molecule has 94 valence electrons. The van der Waals surface area contributed by atoms with Gasteiger partial charge in [-0.1, -0.05) is 37.3 Å². The van der Waals surface area contributed by atoms with E-state index in [9.17, 15) is 4.79 Å². The molecule has 1 atom stereocenters. The molecule has 1 aromatic carbocycles. The number of amides is 1. The number of nitrogens with zero attached hydrogens (tertiary/aromatic N) is 1. The first-order valence-corrected chi connectivity index (χ1v) is 5.98. The van der Waals surface area contributed by atoms with Crippen LogP contribution in [0.4, 0.5) is 0 Å². The first kappa shape index (κ1) is 13.7. The second-order valence-electron chi connectivity index (χ2n) is 4.95. The summed E-state index contributed by atoms with van der Waals surface area (Å²) in [6.07, 6.45) is 0.900. The summed E-state index contributed by atoms with van der Waals surface area (Å²) >= 11 is 0. The van der Waals surface area contributed by atoms with Crippen LogP contribution < -0.4 is 5.73 Å².